The Labute approximate surface area is 172 Å². The molecule has 0 aliphatic carbocycles. The van der Waals surface area contributed by atoms with Gasteiger partial charge in [0.1, 0.15) is 5.75 Å². The van der Waals surface area contributed by atoms with Crippen molar-refractivity contribution in [1.29, 1.82) is 0 Å². The molecule has 0 saturated carbocycles. The fourth-order valence-electron chi connectivity index (χ4n) is 5.11. The number of methoxy groups -OCH3 is 2. The van der Waals surface area contributed by atoms with E-state index in [0.29, 0.717) is 13.2 Å². The van der Waals surface area contributed by atoms with Crippen LogP contribution in [-0.2, 0) is 14.3 Å². The second-order valence-electron chi connectivity index (χ2n) is 8.28. The van der Waals surface area contributed by atoms with E-state index in [2.05, 4.69) is 4.90 Å². The lowest BCUT2D eigenvalue weighted by Crippen LogP contribution is -2.54. The molecule has 29 heavy (non-hydrogen) atoms. The summed E-state index contributed by atoms with van der Waals surface area (Å²) in [6.07, 6.45) is 2.87. The highest BCUT2D eigenvalue weighted by Crippen LogP contribution is 2.44. The maximum atomic E-state index is 13.4. The van der Waals surface area contributed by atoms with Crippen molar-refractivity contribution in [1.82, 2.24) is 14.7 Å². The highest BCUT2D eigenvalue weighted by Gasteiger charge is 2.51. The summed E-state index contributed by atoms with van der Waals surface area (Å²) in [4.78, 5) is 32.7. The van der Waals surface area contributed by atoms with E-state index in [-0.39, 0.29) is 29.8 Å². The van der Waals surface area contributed by atoms with Gasteiger partial charge in [0.15, 0.2) is 0 Å². The van der Waals surface area contributed by atoms with Crippen LogP contribution in [0.15, 0.2) is 24.3 Å². The van der Waals surface area contributed by atoms with Gasteiger partial charge in [-0.15, -0.1) is 0 Å². The average Bonchev–Trinajstić information content (AvgIpc) is 3.40. The summed E-state index contributed by atoms with van der Waals surface area (Å²) in [5.74, 6) is 0.906. The monoisotopic (exact) mass is 401 g/mol. The number of benzene rings is 1. The van der Waals surface area contributed by atoms with E-state index in [4.69, 9.17) is 9.47 Å². The molecule has 3 aliphatic rings. The number of hydrogen-bond acceptors (Lipinski definition) is 5. The molecule has 3 heterocycles. The first-order valence-corrected chi connectivity index (χ1v) is 10.6. The largest absolute Gasteiger partial charge is 0.497 e. The Bertz CT molecular complexity index is 732. The number of ether oxygens (including phenoxy) is 2. The van der Waals surface area contributed by atoms with Gasteiger partial charge in [0.2, 0.25) is 11.8 Å². The number of fused-ring (bicyclic) bond motifs is 1. The Kier molecular flexibility index (Phi) is 6.06. The topological polar surface area (TPSA) is 62.3 Å². The van der Waals surface area contributed by atoms with Gasteiger partial charge in [-0.25, -0.2) is 0 Å². The first-order valence-electron chi connectivity index (χ1n) is 10.6. The minimum atomic E-state index is -0.198. The lowest BCUT2D eigenvalue weighted by atomic mass is 9.91. The molecule has 3 aliphatic heterocycles. The summed E-state index contributed by atoms with van der Waals surface area (Å²) in [5.41, 5.74) is 1.02. The second kappa shape index (κ2) is 8.71. The fraction of sp³-hybridized carbons (Fsp3) is 0.636. The van der Waals surface area contributed by atoms with Crippen molar-refractivity contribution in [2.45, 2.75) is 31.3 Å². The minimum Gasteiger partial charge on any atom is -0.497 e. The van der Waals surface area contributed by atoms with Crippen LogP contribution in [0, 0.1) is 5.92 Å². The molecule has 4 rings (SSSR count). The number of hydrogen-bond donors (Lipinski definition) is 0. The van der Waals surface area contributed by atoms with E-state index in [9.17, 15) is 9.59 Å². The maximum Gasteiger partial charge on any atom is 0.237 e. The van der Waals surface area contributed by atoms with Crippen LogP contribution < -0.4 is 4.74 Å². The number of amides is 2. The van der Waals surface area contributed by atoms with Crippen LogP contribution in [0.3, 0.4) is 0 Å². The van der Waals surface area contributed by atoms with Crippen molar-refractivity contribution in [3.8, 4) is 5.75 Å². The highest BCUT2D eigenvalue weighted by molar-refractivity contribution is 5.85. The van der Waals surface area contributed by atoms with Crippen LogP contribution >= 0.6 is 0 Å². The van der Waals surface area contributed by atoms with Gasteiger partial charge < -0.3 is 19.3 Å². The molecule has 7 nitrogen and oxygen atoms in total. The summed E-state index contributed by atoms with van der Waals surface area (Å²) in [5, 5.41) is 0. The molecule has 0 aromatic heterocycles. The van der Waals surface area contributed by atoms with E-state index in [0.717, 1.165) is 56.8 Å². The van der Waals surface area contributed by atoms with E-state index in [1.165, 1.54) is 0 Å². The molecule has 0 N–H and O–H groups in total. The Balaban J connectivity index is 1.62. The van der Waals surface area contributed by atoms with Crippen molar-refractivity contribution in [2.24, 2.45) is 5.92 Å². The minimum absolute atomic E-state index is 0.0664. The molecule has 1 aromatic carbocycles. The maximum absolute atomic E-state index is 13.4. The second-order valence-corrected chi connectivity index (χ2v) is 8.28. The summed E-state index contributed by atoms with van der Waals surface area (Å²) < 4.78 is 10.5. The van der Waals surface area contributed by atoms with Gasteiger partial charge in [-0.05, 0) is 37.0 Å². The third-order valence-corrected chi connectivity index (χ3v) is 6.52. The third kappa shape index (κ3) is 3.98. The van der Waals surface area contributed by atoms with Crippen molar-refractivity contribution in [2.75, 3.05) is 53.6 Å². The summed E-state index contributed by atoms with van der Waals surface area (Å²) in [6.45, 7) is 4.21. The molecule has 7 heteroatoms. The summed E-state index contributed by atoms with van der Waals surface area (Å²) >= 11 is 0. The standard InChI is InChI=1S/C22H31N3O4/c1-28-12-11-23-14-17-13-19(22(27)24-9-3-4-10-24)21(25(17)20(26)15-23)16-5-7-18(29-2)8-6-16/h5-8,17,19,21H,3-4,9-15H2,1-2H3/t17-,19-,21-/m1/s1. The van der Waals surface area contributed by atoms with Crippen LogP contribution in [-0.4, -0.2) is 86.1 Å². The normalized spacial score (nSPS) is 27.4. The predicted octanol–water partition coefficient (Wildman–Crippen LogP) is 1.54. The molecule has 0 radical (unpaired) electrons. The van der Waals surface area contributed by atoms with Crippen LogP contribution in [0.25, 0.3) is 0 Å². The summed E-state index contributed by atoms with van der Waals surface area (Å²) in [7, 11) is 3.32. The van der Waals surface area contributed by atoms with Crippen molar-refractivity contribution >= 4 is 11.8 Å². The van der Waals surface area contributed by atoms with Gasteiger partial charge in [0, 0.05) is 39.3 Å². The van der Waals surface area contributed by atoms with E-state index in [1.807, 2.05) is 34.1 Å². The number of piperazine rings is 1. The van der Waals surface area contributed by atoms with Crippen LogP contribution in [0.2, 0.25) is 0 Å². The van der Waals surface area contributed by atoms with Gasteiger partial charge in [-0.2, -0.15) is 0 Å². The molecule has 2 amide bonds. The van der Waals surface area contributed by atoms with Crippen LogP contribution in [0.5, 0.6) is 5.75 Å². The Morgan fingerprint density at radius 2 is 1.86 bits per heavy atom. The number of likely N-dealkylation sites (tertiary alicyclic amines) is 1. The van der Waals surface area contributed by atoms with Crippen LogP contribution in [0.1, 0.15) is 30.9 Å². The fourth-order valence-corrected chi connectivity index (χ4v) is 5.11. The van der Waals surface area contributed by atoms with Crippen molar-refractivity contribution < 1.29 is 19.1 Å². The van der Waals surface area contributed by atoms with Gasteiger partial charge in [-0.3, -0.25) is 14.5 Å². The summed E-state index contributed by atoms with van der Waals surface area (Å²) in [6, 6.07) is 7.70. The molecule has 0 unspecified atom stereocenters. The molecule has 3 fully saturated rings. The predicted molar refractivity (Wildman–Crippen MR) is 109 cm³/mol. The number of carbonyl (C=O) groups is 2. The third-order valence-electron chi connectivity index (χ3n) is 6.52. The SMILES string of the molecule is COCCN1CC(=O)N2[C@H](C[C@@H](C(=O)N3CCCC3)[C@H]2c2ccc(OC)cc2)C1. The molecule has 1 aromatic rings. The van der Waals surface area contributed by atoms with Gasteiger partial charge >= 0.3 is 0 Å². The molecule has 0 spiro atoms. The first-order chi connectivity index (χ1) is 14.1. The van der Waals surface area contributed by atoms with Gasteiger partial charge in [-0.1, -0.05) is 12.1 Å². The zero-order valence-corrected chi connectivity index (χ0v) is 17.4. The van der Waals surface area contributed by atoms with Gasteiger partial charge in [0.05, 0.1) is 32.2 Å². The highest BCUT2D eigenvalue weighted by atomic mass is 16.5. The van der Waals surface area contributed by atoms with Crippen molar-refractivity contribution in [3.63, 3.8) is 0 Å². The molecule has 3 saturated heterocycles. The quantitative estimate of drug-likeness (QED) is 0.724. The molecule has 158 valence electrons. The zero-order valence-electron chi connectivity index (χ0n) is 17.4. The Hall–Kier alpha value is -2.12. The van der Waals surface area contributed by atoms with E-state index in [1.54, 1.807) is 14.2 Å². The molecule has 0 bridgehead atoms. The number of carbonyl (C=O) groups excluding carboxylic acids is 2. The van der Waals surface area contributed by atoms with Crippen molar-refractivity contribution in [3.05, 3.63) is 29.8 Å². The molecular weight excluding hydrogens is 370 g/mol. The Morgan fingerprint density at radius 3 is 2.52 bits per heavy atom. The molecule has 3 atom stereocenters. The Morgan fingerprint density at radius 1 is 1.14 bits per heavy atom. The van der Waals surface area contributed by atoms with E-state index >= 15 is 0 Å². The average molecular weight is 402 g/mol. The van der Waals surface area contributed by atoms with Crippen LogP contribution in [0.4, 0.5) is 0 Å². The lowest BCUT2D eigenvalue weighted by Gasteiger charge is -2.40. The van der Waals surface area contributed by atoms with E-state index < -0.39 is 0 Å². The smallest absolute Gasteiger partial charge is 0.237 e. The lowest BCUT2D eigenvalue weighted by molar-refractivity contribution is -0.142. The number of nitrogens with zero attached hydrogens (tertiary/aromatic N) is 3. The van der Waals surface area contributed by atoms with Gasteiger partial charge in [0.25, 0.3) is 0 Å². The first kappa shape index (κ1) is 20.2. The molecular formula is C22H31N3O4. The number of rotatable bonds is 6. The zero-order chi connectivity index (χ0) is 20.4.